The molecule has 1 N–H and O–H groups in total. The van der Waals surface area contributed by atoms with Crippen LogP contribution in [0.15, 0.2) is 51.9 Å². The van der Waals surface area contributed by atoms with Crippen LogP contribution in [0, 0.1) is 6.92 Å². The minimum Gasteiger partial charge on any atom is -0.508 e. The normalized spacial score (nSPS) is 15.3. The minimum absolute atomic E-state index is 0.109. The average molecular weight is 572 g/mol. The van der Waals surface area contributed by atoms with Crippen molar-refractivity contribution in [3.8, 4) is 11.5 Å². The molecule has 1 aliphatic heterocycles. The summed E-state index contributed by atoms with van der Waals surface area (Å²) in [4.78, 5) is 12.1. The topological polar surface area (TPSA) is 124 Å². The fourth-order valence-electron chi connectivity index (χ4n) is 3.88. The molecule has 0 spiro atoms. The van der Waals surface area contributed by atoms with Gasteiger partial charge < -0.3 is 23.9 Å². The van der Waals surface area contributed by atoms with Crippen LogP contribution < -0.4 is 9.64 Å². The summed E-state index contributed by atoms with van der Waals surface area (Å²) < 4.78 is 47.6. The standard InChI is InChI=1S/C27H29N3O7S2/c1-3-19(17-35-39(32,33)22-7-4-18(2)24(31)15-22)36-20-5-8-23-25(14-20)37-26(29-23)9-6-21-16-28-27(38-21)30-10-12-34-13-11-30/h4-9,14-16,19,31H,3,10-13,17H2,1-2H3. The lowest BCUT2D eigenvalue weighted by Gasteiger charge is -2.25. The van der Waals surface area contributed by atoms with E-state index in [2.05, 4.69) is 14.9 Å². The summed E-state index contributed by atoms with van der Waals surface area (Å²) in [5.74, 6) is 0.848. The highest BCUT2D eigenvalue weighted by atomic mass is 32.2. The predicted molar refractivity (Wildman–Crippen MR) is 149 cm³/mol. The van der Waals surface area contributed by atoms with Crippen molar-refractivity contribution in [1.82, 2.24) is 9.97 Å². The van der Waals surface area contributed by atoms with Gasteiger partial charge in [0, 0.05) is 42.4 Å². The minimum atomic E-state index is -4.05. The van der Waals surface area contributed by atoms with Crippen molar-refractivity contribution in [1.29, 1.82) is 0 Å². The zero-order chi connectivity index (χ0) is 27.4. The van der Waals surface area contributed by atoms with Crippen LogP contribution >= 0.6 is 11.3 Å². The molecule has 0 amide bonds. The maximum atomic E-state index is 12.6. The van der Waals surface area contributed by atoms with Gasteiger partial charge in [-0.05, 0) is 43.2 Å². The Morgan fingerprint density at radius 3 is 2.77 bits per heavy atom. The number of oxazole rings is 1. The van der Waals surface area contributed by atoms with Gasteiger partial charge in [0.2, 0.25) is 5.89 Å². The molecule has 0 bridgehead atoms. The maximum absolute atomic E-state index is 12.6. The Kier molecular flexibility index (Phi) is 8.17. The summed E-state index contributed by atoms with van der Waals surface area (Å²) >= 11 is 1.60. The first-order valence-corrected chi connectivity index (χ1v) is 14.8. The fourth-order valence-corrected chi connectivity index (χ4v) is 5.71. The van der Waals surface area contributed by atoms with Crippen LogP contribution in [-0.2, 0) is 19.0 Å². The number of anilines is 1. The largest absolute Gasteiger partial charge is 0.508 e. The maximum Gasteiger partial charge on any atom is 0.297 e. The number of morpholine rings is 1. The van der Waals surface area contributed by atoms with E-state index >= 15 is 0 Å². The van der Waals surface area contributed by atoms with E-state index in [-0.39, 0.29) is 17.3 Å². The van der Waals surface area contributed by atoms with Crippen molar-refractivity contribution in [2.24, 2.45) is 0 Å². The molecule has 1 unspecified atom stereocenters. The lowest BCUT2D eigenvalue weighted by atomic mass is 10.2. The second-order valence-corrected chi connectivity index (χ2v) is 11.7. The number of ether oxygens (including phenoxy) is 2. The van der Waals surface area contributed by atoms with Gasteiger partial charge in [0.25, 0.3) is 10.1 Å². The number of aryl methyl sites for hydroxylation is 1. The van der Waals surface area contributed by atoms with E-state index < -0.39 is 16.2 Å². The number of aromatic hydroxyl groups is 1. The van der Waals surface area contributed by atoms with Crippen molar-refractivity contribution in [3.05, 3.63) is 58.9 Å². The summed E-state index contributed by atoms with van der Waals surface area (Å²) in [7, 11) is -4.05. The highest BCUT2D eigenvalue weighted by molar-refractivity contribution is 7.86. The monoisotopic (exact) mass is 571 g/mol. The summed E-state index contributed by atoms with van der Waals surface area (Å²) in [6, 6.07) is 9.36. The molecule has 5 rings (SSSR count). The first kappa shape index (κ1) is 27.1. The van der Waals surface area contributed by atoms with Crippen LogP contribution in [0.25, 0.3) is 23.3 Å². The SMILES string of the molecule is CCC(COS(=O)(=O)c1ccc(C)c(O)c1)Oc1ccc2nc(C=Cc3cnc(N4CCOCC4)s3)oc2c1. The number of aromatic nitrogens is 2. The van der Waals surface area contributed by atoms with Gasteiger partial charge in [-0.1, -0.05) is 24.3 Å². The Labute approximate surface area is 230 Å². The summed E-state index contributed by atoms with van der Waals surface area (Å²) in [6.45, 7) is 6.47. The van der Waals surface area contributed by atoms with Gasteiger partial charge >= 0.3 is 0 Å². The molecule has 1 fully saturated rings. The van der Waals surface area contributed by atoms with Gasteiger partial charge in [0.15, 0.2) is 10.7 Å². The van der Waals surface area contributed by atoms with E-state index in [9.17, 15) is 13.5 Å². The summed E-state index contributed by atoms with van der Waals surface area (Å²) in [5, 5.41) is 10.8. The third-order valence-electron chi connectivity index (χ3n) is 6.20. The van der Waals surface area contributed by atoms with Crippen LogP contribution in [0.3, 0.4) is 0 Å². The molecule has 39 heavy (non-hydrogen) atoms. The molecule has 10 nitrogen and oxygen atoms in total. The molecular formula is C27H29N3O7S2. The average Bonchev–Trinajstić information content (AvgIpc) is 3.58. The molecular weight excluding hydrogens is 542 g/mol. The number of phenols is 1. The number of hydrogen-bond donors (Lipinski definition) is 1. The molecule has 1 saturated heterocycles. The number of hydrogen-bond acceptors (Lipinski definition) is 11. The van der Waals surface area contributed by atoms with Crippen molar-refractivity contribution in [3.63, 3.8) is 0 Å². The molecule has 0 aliphatic carbocycles. The van der Waals surface area contributed by atoms with Gasteiger partial charge in [-0.2, -0.15) is 8.42 Å². The van der Waals surface area contributed by atoms with Crippen LogP contribution in [-0.4, -0.2) is 62.5 Å². The number of phenolic OH excluding ortho intramolecular Hbond substituents is 1. The van der Waals surface area contributed by atoms with Crippen LogP contribution in [0.2, 0.25) is 0 Å². The Balaban J connectivity index is 1.22. The van der Waals surface area contributed by atoms with E-state index in [1.54, 1.807) is 42.5 Å². The quantitative estimate of drug-likeness (QED) is 0.264. The van der Waals surface area contributed by atoms with Crippen LogP contribution in [0.4, 0.5) is 5.13 Å². The fraction of sp³-hybridized carbons (Fsp3) is 0.333. The molecule has 206 valence electrons. The first-order chi connectivity index (χ1) is 18.8. The molecule has 0 saturated carbocycles. The van der Waals surface area contributed by atoms with Crippen molar-refractivity contribution in [2.45, 2.75) is 31.3 Å². The second-order valence-electron chi connectivity index (χ2n) is 8.99. The van der Waals surface area contributed by atoms with E-state index in [0.717, 1.165) is 23.1 Å². The zero-order valence-electron chi connectivity index (χ0n) is 21.6. The van der Waals surface area contributed by atoms with E-state index in [0.29, 0.717) is 47.9 Å². The number of thiazole rings is 1. The van der Waals surface area contributed by atoms with E-state index in [1.165, 1.54) is 18.2 Å². The second kappa shape index (κ2) is 11.7. The Morgan fingerprint density at radius 2 is 2.00 bits per heavy atom. The van der Waals surface area contributed by atoms with E-state index in [1.807, 2.05) is 19.2 Å². The van der Waals surface area contributed by atoms with Gasteiger partial charge in [0.05, 0.1) is 18.1 Å². The third-order valence-corrected chi connectivity index (χ3v) is 8.50. The first-order valence-electron chi connectivity index (χ1n) is 12.5. The Bertz CT molecular complexity index is 1570. The van der Waals surface area contributed by atoms with Crippen LogP contribution in [0.5, 0.6) is 11.5 Å². The molecule has 1 atom stereocenters. The number of fused-ring (bicyclic) bond motifs is 1. The van der Waals surface area contributed by atoms with Crippen molar-refractivity contribution >= 4 is 49.8 Å². The lowest BCUT2D eigenvalue weighted by molar-refractivity contribution is 0.122. The molecule has 2 aromatic heterocycles. The third kappa shape index (κ3) is 6.59. The molecule has 3 heterocycles. The Morgan fingerprint density at radius 1 is 1.18 bits per heavy atom. The highest BCUT2D eigenvalue weighted by Crippen LogP contribution is 2.27. The van der Waals surface area contributed by atoms with Crippen LogP contribution in [0.1, 0.15) is 29.7 Å². The number of rotatable bonds is 10. The summed E-state index contributed by atoms with van der Waals surface area (Å²) in [5.41, 5.74) is 1.79. The van der Waals surface area contributed by atoms with Gasteiger partial charge in [0.1, 0.15) is 29.7 Å². The highest BCUT2D eigenvalue weighted by Gasteiger charge is 2.20. The molecule has 4 aromatic rings. The van der Waals surface area contributed by atoms with Gasteiger partial charge in [-0.15, -0.1) is 0 Å². The zero-order valence-corrected chi connectivity index (χ0v) is 23.2. The number of nitrogens with zero attached hydrogens (tertiary/aromatic N) is 3. The van der Waals surface area contributed by atoms with Gasteiger partial charge in [-0.25, -0.2) is 9.97 Å². The van der Waals surface area contributed by atoms with Crippen molar-refractivity contribution < 1.29 is 31.6 Å². The predicted octanol–water partition coefficient (Wildman–Crippen LogP) is 4.87. The smallest absolute Gasteiger partial charge is 0.297 e. The van der Waals surface area contributed by atoms with Crippen molar-refractivity contribution in [2.75, 3.05) is 37.8 Å². The molecule has 1 aliphatic rings. The molecule has 12 heteroatoms. The van der Waals surface area contributed by atoms with E-state index in [4.69, 9.17) is 18.1 Å². The lowest BCUT2D eigenvalue weighted by Crippen LogP contribution is -2.36. The van der Waals surface area contributed by atoms with Gasteiger partial charge in [-0.3, -0.25) is 4.18 Å². The molecule has 2 aromatic carbocycles. The number of benzene rings is 2. The summed E-state index contributed by atoms with van der Waals surface area (Å²) in [6.07, 6.45) is 5.54. The Hall–Kier alpha value is -3.45. The molecule has 0 radical (unpaired) electrons.